The Labute approximate surface area is 103 Å². The van der Waals surface area contributed by atoms with Gasteiger partial charge in [0, 0.05) is 45.2 Å². The maximum Gasteiger partial charge on any atom is 0.109 e. The maximum absolute atomic E-state index is 4.82. The number of nitrogens with one attached hydrogen (secondary N) is 1. The number of hydrogen-bond donors (Lipinski definition) is 1. The van der Waals surface area contributed by atoms with E-state index in [2.05, 4.69) is 28.9 Å². The Kier molecular flexibility index (Phi) is 2.92. The molecule has 0 saturated carbocycles. The largest absolute Gasteiger partial charge is 0.335 e. The van der Waals surface area contributed by atoms with Crippen LogP contribution in [0.15, 0.2) is 0 Å². The van der Waals surface area contributed by atoms with Gasteiger partial charge in [-0.05, 0) is 25.9 Å². The lowest BCUT2D eigenvalue weighted by Gasteiger charge is -2.13. The molecule has 2 aliphatic heterocycles. The summed E-state index contributed by atoms with van der Waals surface area (Å²) in [5.41, 5.74) is 2.73. The van der Waals surface area contributed by atoms with E-state index in [4.69, 9.17) is 4.98 Å². The molecule has 1 aromatic heterocycles. The molecule has 2 aliphatic rings. The Morgan fingerprint density at radius 1 is 1.41 bits per heavy atom. The van der Waals surface area contributed by atoms with Gasteiger partial charge in [-0.2, -0.15) is 0 Å². The first-order chi connectivity index (χ1) is 8.24. The molecular weight excluding hydrogens is 212 g/mol. The van der Waals surface area contributed by atoms with Crippen molar-refractivity contribution in [3.05, 3.63) is 17.2 Å². The second kappa shape index (κ2) is 4.42. The highest BCUT2D eigenvalue weighted by molar-refractivity contribution is 5.20. The third-order valence-corrected chi connectivity index (χ3v) is 4.18. The monoisotopic (exact) mass is 234 g/mol. The van der Waals surface area contributed by atoms with Crippen molar-refractivity contribution in [1.82, 2.24) is 19.8 Å². The molecular formula is C13H22N4. The quantitative estimate of drug-likeness (QED) is 0.812. The summed E-state index contributed by atoms with van der Waals surface area (Å²) in [7, 11) is 4.40. The number of nitrogens with zero attached hydrogens (tertiary/aromatic N) is 3. The van der Waals surface area contributed by atoms with E-state index < -0.39 is 0 Å². The zero-order chi connectivity index (χ0) is 11.8. The third-order valence-electron chi connectivity index (χ3n) is 4.18. The SMILES string of the molecule is CN1CCC(Cc2nc3c(n2C)CCNC3)C1. The molecule has 0 amide bonds. The van der Waals surface area contributed by atoms with Gasteiger partial charge in [0.2, 0.25) is 0 Å². The topological polar surface area (TPSA) is 33.1 Å². The van der Waals surface area contributed by atoms with Crippen LogP contribution in [0.25, 0.3) is 0 Å². The second-order valence-corrected chi connectivity index (χ2v) is 5.53. The summed E-state index contributed by atoms with van der Waals surface area (Å²) in [6, 6.07) is 0. The summed E-state index contributed by atoms with van der Waals surface area (Å²) >= 11 is 0. The summed E-state index contributed by atoms with van der Waals surface area (Å²) in [4.78, 5) is 7.25. The molecule has 0 radical (unpaired) electrons. The van der Waals surface area contributed by atoms with Gasteiger partial charge >= 0.3 is 0 Å². The lowest BCUT2D eigenvalue weighted by Crippen LogP contribution is -2.24. The van der Waals surface area contributed by atoms with Gasteiger partial charge in [0.1, 0.15) is 5.82 Å². The molecule has 94 valence electrons. The highest BCUT2D eigenvalue weighted by Gasteiger charge is 2.23. The van der Waals surface area contributed by atoms with Crippen molar-refractivity contribution in [2.45, 2.75) is 25.8 Å². The maximum atomic E-state index is 4.82. The van der Waals surface area contributed by atoms with Crippen LogP contribution in [-0.4, -0.2) is 41.1 Å². The van der Waals surface area contributed by atoms with Gasteiger partial charge in [-0.25, -0.2) is 4.98 Å². The fourth-order valence-electron chi connectivity index (χ4n) is 3.15. The zero-order valence-corrected chi connectivity index (χ0v) is 10.9. The lowest BCUT2D eigenvalue weighted by atomic mass is 10.0. The molecule has 0 aromatic carbocycles. The zero-order valence-electron chi connectivity index (χ0n) is 10.9. The van der Waals surface area contributed by atoms with Gasteiger partial charge in [-0.1, -0.05) is 0 Å². The summed E-state index contributed by atoms with van der Waals surface area (Å²) in [5, 5.41) is 3.40. The van der Waals surface area contributed by atoms with Gasteiger partial charge in [-0.3, -0.25) is 0 Å². The minimum atomic E-state index is 0.801. The summed E-state index contributed by atoms with van der Waals surface area (Å²) in [6.07, 6.45) is 3.60. The number of likely N-dealkylation sites (tertiary alicyclic amines) is 1. The number of imidazole rings is 1. The average Bonchev–Trinajstić information content (AvgIpc) is 2.86. The normalized spacial score (nSPS) is 25.2. The molecule has 0 spiro atoms. The molecule has 3 rings (SSSR count). The minimum Gasteiger partial charge on any atom is -0.335 e. The summed E-state index contributed by atoms with van der Waals surface area (Å²) < 4.78 is 2.34. The Morgan fingerprint density at radius 3 is 3.00 bits per heavy atom. The van der Waals surface area contributed by atoms with E-state index in [0.717, 1.165) is 31.8 Å². The molecule has 1 N–H and O–H groups in total. The molecule has 0 bridgehead atoms. The molecule has 17 heavy (non-hydrogen) atoms. The molecule has 1 atom stereocenters. The van der Waals surface area contributed by atoms with E-state index >= 15 is 0 Å². The first-order valence-corrected chi connectivity index (χ1v) is 6.66. The van der Waals surface area contributed by atoms with Crippen molar-refractivity contribution in [2.75, 3.05) is 26.7 Å². The number of rotatable bonds is 2. The van der Waals surface area contributed by atoms with Gasteiger partial charge in [0.25, 0.3) is 0 Å². The predicted octanol–water partition coefficient (Wildman–Crippen LogP) is 0.560. The smallest absolute Gasteiger partial charge is 0.109 e. The van der Waals surface area contributed by atoms with E-state index in [1.807, 2.05) is 0 Å². The average molecular weight is 234 g/mol. The van der Waals surface area contributed by atoms with Crippen molar-refractivity contribution in [2.24, 2.45) is 13.0 Å². The Bertz CT molecular complexity index is 410. The van der Waals surface area contributed by atoms with E-state index in [1.165, 1.54) is 36.7 Å². The molecule has 1 saturated heterocycles. The molecule has 4 nitrogen and oxygen atoms in total. The van der Waals surface area contributed by atoms with Crippen molar-refractivity contribution >= 4 is 0 Å². The van der Waals surface area contributed by atoms with Crippen LogP contribution >= 0.6 is 0 Å². The van der Waals surface area contributed by atoms with Crippen LogP contribution in [0.4, 0.5) is 0 Å². The standard InChI is InChI=1S/C13H22N4/c1-16-6-4-10(9-16)7-13-15-11-8-14-5-3-12(11)17(13)2/h10,14H,3-9H2,1-2H3. The van der Waals surface area contributed by atoms with E-state index in [0.29, 0.717) is 0 Å². The van der Waals surface area contributed by atoms with Gasteiger partial charge in [0.15, 0.2) is 0 Å². The summed E-state index contributed by atoms with van der Waals surface area (Å²) in [5.74, 6) is 2.09. The molecule has 1 fully saturated rings. The number of fused-ring (bicyclic) bond motifs is 1. The van der Waals surface area contributed by atoms with Crippen molar-refractivity contribution in [1.29, 1.82) is 0 Å². The van der Waals surface area contributed by atoms with Gasteiger partial charge in [-0.15, -0.1) is 0 Å². The van der Waals surface area contributed by atoms with Crippen molar-refractivity contribution in [3.8, 4) is 0 Å². The highest BCUT2D eigenvalue weighted by atomic mass is 15.1. The Morgan fingerprint density at radius 2 is 2.29 bits per heavy atom. The third kappa shape index (κ3) is 2.11. The van der Waals surface area contributed by atoms with E-state index in [1.54, 1.807) is 0 Å². The predicted molar refractivity (Wildman–Crippen MR) is 67.9 cm³/mol. The molecule has 1 aromatic rings. The van der Waals surface area contributed by atoms with Crippen LogP contribution in [0, 0.1) is 5.92 Å². The fraction of sp³-hybridized carbons (Fsp3) is 0.769. The Hall–Kier alpha value is -0.870. The lowest BCUT2D eigenvalue weighted by molar-refractivity contribution is 0.391. The number of hydrogen-bond acceptors (Lipinski definition) is 3. The van der Waals surface area contributed by atoms with Crippen LogP contribution < -0.4 is 5.32 Å². The second-order valence-electron chi connectivity index (χ2n) is 5.53. The van der Waals surface area contributed by atoms with Crippen molar-refractivity contribution in [3.63, 3.8) is 0 Å². The van der Waals surface area contributed by atoms with Crippen LogP contribution in [-0.2, 0) is 26.4 Å². The molecule has 1 unspecified atom stereocenters. The first kappa shape index (κ1) is 11.2. The van der Waals surface area contributed by atoms with Crippen molar-refractivity contribution < 1.29 is 0 Å². The molecule has 4 heteroatoms. The van der Waals surface area contributed by atoms with Gasteiger partial charge in [0.05, 0.1) is 5.69 Å². The molecule has 3 heterocycles. The first-order valence-electron chi connectivity index (χ1n) is 6.66. The fourth-order valence-corrected chi connectivity index (χ4v) is 3.15. The minimum absolute atomic E-state index is 0.801. The van der Waals surface area contributed by atoms with Crippen LogP contribution in [0.1, 0.15) is 23.6 Å². The van der Waals surface area contributed by atoms with Crippen LogP contribution in [0.2, 0.25) is 0 Å². The van der Waals surface area contributed by atoms with Crippen LogP contribution in [0.5, 0.6) is 0 Å². The van der Waals surface area contributed by atoms with E-state index in [-0.39, 0.29) is 0 Å². The summed E-state index contributed by atoms with van der Waals surface area (Å²) in [6.45, 7) is 4.53. The highest BCUT2D eigenvalue weighted by Crippen LogP contribution is 2.21. The van der Waals surface area contributed by atoms with Gasteiger partial charge < -0.3 is 14.8 Å². The van der Waals surface area contributed by atoms with Crippen LogP contribution in [0.3, 0.4) is 0 Å². The van der Waals surface area contributed by atoms with E-state index in [9.17, 15) is 0 Å². The molecule has 0 aliphatic carbocycles. The number of aromatic nitrogens is 2. The Balaban J connectivity index is 1.77.